The van der Waals surface area contributed by atoms with Crippen molar-refractivity contribution in [1.82, 2.24) is 19.4 Å². The van der Waals surface area contributed by atoms with Gasteiger partial charge in [0.1, 0.15) is 5.82 Å². The zero-order chi connectivity index (χ0) is 18.8. The van der Waals surface area contributed by atoms with Crippen LogP contribution in [-0.4, -0.2) is 51.4 Å². The Balaban J connectivity index is 1.49. The number of piperidine rings is 2. The van der Waals surface area contributed by atoms with Crippen molar-refractivity contribution >= 4 is 16.9 Å². The number of fused-ring (bicyclic) bond motifs is 1. The first kappa shape index (κ1) is 18.5. The molecule has 0 N–H and O–H groups in total. The molecule has 0 bridgehead atoms. The van der Waals surface area contributed by atoms with Gasteiger partial charge in [-0.3, -0.25) is 9.69 Å². The van der Waals surface area contributed by atoms with Gasteiger partial charge in [0.2, 0.25) is 5.91 Å². The van der Waals surface area contributed by atoms with Crippen LogP contribution in [0.25, 0.3) is 11.0 Å². The molecule has 0 unspecified atom stereocenters. The molecular weight excluding hydrogens is 336 g/mol. The SMILES string of the molecule is CC(C)n1c(CN2CCC[C@H](C(=O)N3CCCCC3)C2)nc2ccccc21. The summed E-state index contributed by atoms with van der Waals surface area (Å²) in [5.41, 5.74) is 2.28. The third-order valence-corrected chi connectivity index (χ3v) is 6.07. The van der Waals surface area contributed by atoms with E-state index in [-0.39, 0.29) is 5.92 Å². The molecule has 27 heavy (non-hydrogen) atoms. The lowest BCUT2D eigenvalue weighted by Gasteiger charge is -2.36. The first-order valence-electron chi connectivity index (χ1n) is 10.6. The van der Waals surface area contributed by atoms with Crippen molar-refractivity contribution in [3.8, 4) is 0 Å². The van der Waals surface area contributed by atoms with Crippen LogP contribution in [0, 0.1) is 5.92 Å². The van der Waals surface area contributed by atoms with Gasteiger partial charge in [-0.05, 0) is 64.6 Å². The van der Waals surface area contributed by atoms with Crippen molar-refractivity contribution in [1.29, 1.82) is 0 Å². The van der Waals surface area contributed by atoms with Crippen LogP contribution in [0.2, 0.25) is 0 Å². The minimum Gasteiger partial charge on any atom is -0.342 e. The molecule has 0 saturated carbocycles. The zero-order valence-electron chi connectivity index (χ0n) is 16.7. The van der Waals surface area contributed by atoms with Crippen LogP contribution in [0.3, 0.4) is 0 Å². The number of hydrogen-bond acceptors (Lipinski definition) is 3. The minimum atomic E-state index is 0.161. The van der Waals surface area contributed by atoms with Gasteiger partial charge in [0.25, 0.3) is 0 Å². The Morgan fingerprint density at radius 2 is 1.89 bits per heavy atom. The lowest BCUT2D eigenvalue weighted by Crippen LogP contribution is -2.46. The average molecular weight is 369 g/mol. The molecule has 146 valence electrons. The third kappa shape index (κ3) is 3.88. The highest BCUT2D eigenvalue weighted by Crippen LogP contribution is 2.25. The van der Waals surface area contributed by atoms with E-state index in [0.29, 0.717) is 11.9 Å². The molecule has 1 atom stereocenters. The van der Waals surface area contributed by atoms with Gasteiger partial charge in [0.05, 0.1) is 23.5 Å². The second-order valence-corrected chi connectivity index (χ2v) is 8.44. The highest BCUT2D eigenvalue weighted by Gasteiger charge is 2.30. The van der Waals surface area contributed by atoms with Crippen LogP contribution in [-0.2, 0) is 11.3 Å². The predicted octanol–water partition coefficient (Wildman–Crippen LogP) is 3.84. The molecule has 2 aliphatic heterocycles. The average Bonchev–Trinajstić information content (AvgIpc) is 3.06. The fourth-order valence-corrected chi connectivity index (χ4v) is 4.76. The van der Waals surface area contributed by atoms with E-state index in [0.717, 1.165) is 56.9 Å². The van der Waals surface area contributed by atoms with Gasteiger partial charge >= 0.3 is 0 Å². The molecule has 1 aromatic carbocycles. The van der Waals surface area contributed by atoms with Gasteiger partial charge in [-0.25, -0.2) is 4.98 Å². The van der Waals surface area contributed by atoms with Gasteiger partial charge < -0.3 is 9.47 Å². The van der Waals surface area contributed by atoms with Gasteiger partial charge in [0.15, 0.2) is 0 Å². The number of carbonyl (C=O) groups is 1. The Hall–Kier alpha value is -1.88. The molecule has 2 aromatic rings. The summed E-state index contributed by atoms with van der Waals surface area (Å²) in [6, 6.07) is 8.77. The summed E-state index contributed by atoms with van der Waals surface area (Å²) in [5.74, 6) is 1.67. The summed E-state index contributed by atoms with van der Waals surface area (Å²) in [5, 5.41) is 0. The maximum Gasteiger partial charge on any atom is 0.226 e. The molecule has 5 heteroatoms. The quantitative estimate of drug-likeness (QED) is 0.823. The lowest BCUT2D eigenvalue weighted by molar-refractivity contribution is -0.138. The summed E-state index contributed by atoms with van der Waals surface area (Å²) < 4.78 is 2.35. The number of amides is 1. The van der Waals surface area contributed by atoms with Gasteiger partial charge in [-0.15, -0.1) is 0 Å². The van der Waals surface area contributed by atoms with Gasteiger partial charge in [0, 0.05) is 25.7 Å². The van der Waals surface area contributed by atoms with Gasteiger partial charge in [-0.2, -0.15) is 0 Å². The molecular formula is C22H32N4O. The number of likely N-dealkylation sites (tertiary alicyclic amines) is 2. The molecule has 0 spiro atoms. The Kier molecular flexibility index (Phi) is 5.48. The van der Waals surface area contributed by atoms with Crippen LogP contribution >= 0.6 is 0 Å². The number of carbonyl (C=O) groups excluding carboxylic acids is 1. The number of benzene rings is 1. The largest absolute Gasteiger partial charge is 0.342 e. The molecule has 0 radical (unpaired) electrons. The van der Waals surface area contributed by atoms with Crippen LogP contribution in [0.5, 0.6) is 0 Å². The maximum absolute atomic E-state index is 12.9. The fourth-order valence-electron chi connectivity index (χ4n) is 4.76. The zero-order valence-corrected chi connectivity index (χ0v) is 16.7. The highest BCUT2D eigenvalue weighted by atomic mass is 16.2. The summed E-state index contributed by atoms with van der Waals surface area (Å²) in [7, 11) is 0. The number of nitrogens with zero attached hydrogens (tertiary/aromatic N) is 4. The first-order chi connectivity index (χ1) is 13.1. The maximum atomic E-state index is 12.9. The van der Waals surface area contributed by atoms with Crippen LogP contribution in [0.4, 0.5) is 0 Å². The Morgan fingerprint density at radius 3 is 2.67 bits per heavy atom. The van der Waals surface area contributed by atoms with Crippen LogP contribution in [0.1, 0.15) is 57.8 Å². The molecule has 1 aromatic heterocycles. The molecule has 1 amide bonds. The first-order valence-corrected chi connectivity index (χ1v) is 10.6. The molecule has 0 aliphatic carbocycles. The number of rotatable bonds is 4. The second kappa shape index (κ2) is 8.01. The van der Waals surface area contributed by atoms with E-state index in [2.05, 4.69) is 52.5 Å². The summed E-state index contributed by atoms with van der Waals surface area (Å²) in [6.07, 6.45) is 5.74. The van der Waals surface area contributed by atoms with Gasteiger partial charge in [-0.1, -0.05) is 12.1 Å². The van der Waals surface area contributed by atoms with Crippen molar-refractivity contribution in [3.63, 3.8) is 0 Å². The van der Waals surface area contributed by atoms with E-state index < -0.39 is 0 Å². The molecule has 2 fully saturated rings. The van der Waals surface area contributed by atoms with E-state index >= 15 is 0 Å². The number of hydrogen-bond donors (Lipinski definition) is 0. The fraction of sp³-hybridized carbons (Fsp3) is 0.636. The summed E-state index contributed by atoms with van der Waals surface area (Å²) in [6.45, 7) is 9.11. The Bertz CT molecular complexity index is 791. The van der Waals surface area contributed by atoms with Crippen LogP contribution in [0.15, 0.2) is 24.3 Å². The molecule has 5 nitrogen and oxygen atoms in total. The van der Waals surface area contributed by atoms with Crippen molar-refractivity contribution in [3.05, 3.63) is 30.1 Å². The van der Waals surface area contributed by atoms with Crippen molar-refractivity contribution in [2.75, 3.05) is 26.2 Å². The molecule has 3 heterocycles. The normalized spacial score (nSPS) is 21.9. The topological polar surface area (TPSA) is 41.4 Å². The standard InChI is InChI=1S/C22H32N4O/c1-17(2)26-20-11-5-4-10-19(20)23-21(26)16-24-12-8-9-18(15-24)22(27)25-13-6-3-7-14-25/h4-5,10-11,17-18H,3,6-9,12-16H2,1-2H3/t18-/m0/s1. The third-order valence-electron chi connectivity index (χ3n) is 6.07. The molecule has 2 saturated heterocycles. The Morgan fingerprint density at radius 1 is 1.11 bits per heavy atom. The summed E-state index contributed by atoms with van der Waals surface area (Å²) in [4.78, 5) is 22.4. The predicted molar refractivity (Wildman–Crippen MR) is 109 cm³/mol. The monoisotopic (exact) mass is 368 g/mol. The highest BCUT2D eigenvalue weighted by molar-refractivity contribution is 5.79. The van der Waals surface area contributed by atoms with Crippen LogP contribution < -0.4 is 0 Å². The van der Waals surface area contributed by atoms with Crippen molar-refractivity contribution < 1.29 is 4.79 Å². The summed E-state index contributed by atoms with van der Waals surface area (Å²) >= 11 is 0. The van der Waals surface area contributed by atoms with E-state index in [1.807, 2.05) is 0 Å². The van der Waals surface area contributed by atoms with Crippen molar-refractivity contribution in [2.24, 2.45) is 5.92 Å². The molecule has 4 rings (SSSR count). The number of para-hydroxylation sites is 2. The lowest BCUT2D eigenvalue weighted by atomic mass is 9.95. The number of imidazole rings is 1. The van der Waals surface area contributed by atoms with E-state index in [1.54, 1.807) is 0 Å². The smallest absolute Gasteiger partial charge is 0.226 e. The second-order valence-electron chi connectivity index (χ2n) is 8.44. The Labute approximate surface area is 162 Å². The van der Waals surface area contributed by atoms with E-state index in [9.17, 15) is 4.79 Å². The van der Waals surface area contributed by atoms with E-state index in [4.69, 9.17) is 4.98 Å². The minimum absolute atomic E-state index is 0.161. The molecule has 2 aliphatic rings. The van der Waals surface area contributed by atoms with Crippen molar-refractivity contribution in [2.45, 2.75) is 58.5 Å². The van der Waals surface area contributed by atoms with E-state index in [1.165, 1.54) is 24.8 Å². The number of aromatic nitrogens is 2.